The van der Waals surface area contributed by atoms with Crippen molar-refractivity contribution in [3.05, 3.63) is 47.5 Å². The first-order valence-electron chi connectivity index (χ1n) is 6.09. The smallest absolute Gasteiger partial charge is 0.160 e. The molecule has 19 heavy (non-hydrogen) atoms. The lowest BCUT2D eigenvalue weighted by Gasteiger charge is -2.08. The van der Waals surface area contributed by atoms with E-state index >= 15 is 0 Å². The second-order valence-electron chi connectivity index (χ2n) is 4.42. The molecule has 0 saturated heterocycles. The highest BCUT2D eigenvalue weighted by Gasteiger charge is 2.08. The van der Waals surface area contributed by atoms with Crippen LogP contribution in [0.1, 0.15) is 17.5 Å². The van der Waals surface area contributed by atoms with Crippen LogP contribution in [0.15, 0.2) is 36.4 Å². The molecule has 0 atom stereocenters. The summed E-state index contributed by atoms with van der Waals surface area (Å²) in [5.74, 6) is -0.444. The Kier molecular flexibility index (Phi) is 3.80. The standard InChI is InChI=1S/C15H16O4/c16-12-8-2-6-10(14(12)18)4-1-5-11-7-3-9-13(17)15(11)19/h2-3,6-9,16-19H,1,4-5H2. The normalized spacial score (nSPS) is 10.5. The number of rotatable bonds is 4. The van der Waals surface area contributed by atoms with E-state index in [9.17, 15) is 20.4 Å². The van der Waals surface area contributed by atoms with Gasteiger partial charge in [0.15, 0.2) is 23.0 Å². The molecule has 0 aliphatic carbocycles. The van der Waals surface area contributed by atoms with E-state index in [1.807, 2.05) is 0 Å². The summed E-state index contributed by atoms with van der Waals surface area (Å²) in [4.78, 5) is 0. The van der Waals surface area contributed by atoms with Crippen molar-refractivity contribution in [2.45, 2.75) is 19.3 Å². The molecule has 0 fully saturated rings. The average molecular weight is 260 g/mol. The number of phenols is 4. The predicted octanol–water partition coefficient (Wildman–Crippen LogP) is 2.68. The second kappa shape index (κ2) is 5.52. The van der Waals surface area contributed by atoms with Crippen molar-refractivity contribution in [1.29, 1.82) is 0 Å². The van der Waals surface area contributed by atoms with Crippen LogP contribution in [0.3, 0.4) is 0 Å². The monoisotopic (exact) mass is 260 g/mol. The third-order valence-electron chi connectivity index (χ3n) is 3.09. The molecule has 0 heterocycles. The fourth-order valence-electron chi connectivity index (χ4n) is 2.03. The van der Waals surface area contributed by atoms with Crippen molar-refractivity contribution in [3.63, 3.8) is 0 Å². The maximum atomic E-state index is 9.65. The van der Waals surface area contributed by atoms with E-state index in [1.165, 1.54) is 12.1 Å². The first-order chi connectivity index (χ1) is 9.09. The van der Waals surface area contributed by atoms with E-state index in [-0.39, 0.29) is 23.0 Å². The third kappa shape index (κ3) is 2.91. The van der Waals surface area contributed by atoms with Crippen LogP contribution in [0.4, 0.5) is 0 Å². The van der Waals surface area contributed by atoms with E-state index in [0.29, 0.717) is 30.4 Å². The lowest BCUT2D eigenvalue weighted by molar-refractivity contribution is 0.396. The molecular weight excluding hydrogens is 244 g/mol. The molecule has 2 aromatic carbocycles. The lowest BCUT2D eigenvalue weighted by atomic mass is 10.0. The highest BCUT2D eigenvalue weighted by molar-refractivity contribution is 5.45. The number of benzene rings is 2. The van der Waals surface area contributed by atoms with Crippen LogP contribution in [0.25, 0.3) is 0 Å². The molecule has 4 N–H and O–H groups in total. The van der Waals surface area contributed by atoms with Gasteiger partial charge >= 0.3 is 0 Å². The van der Waals surface area contributed by atoms with Crippen LogP contribution in [0.2, 0.25) is 0 Å². The van der Waals surface area contributed by atoms with E-state index in [1.54, 1.807) is 24.3 Å². The van der Waals surface area contributed by atoms with Gasteiger partial charge in [0.2, 0.25) is 0 Å². The van der Waals surface area contributed by atoms with Crippen molar-refractivity contribution >= 4 is 0 Å². The van der Waals surface area contributed by atoms with E-state index in [0.717, 1.165) is 0 Å². The molecular formula is C15H16O4. The summed E-state index contributed by atoms with van der Waals surface area (Å²) in [5, 5.41) is 38.1. The van der Waals surface area contributed by atoms with Crippen LogP contribution >= 0.6 is 0 Å². The Balaban J connectivity index is 2.00. The molecule has 4 nitrogen and oxygen atoms in total. The van der Waals surface area contributed by atoms with Crippen molar-refractivity contribution in [3.8, 4) is 23.0 Å². The van der Waals surface area contributed by atoms with Crippen LogP contribution < -0.4 is 0 Å². The molecule has 2 rings (SSSR count). The van der Waals surface area contributed by atoms with E-state index < -0.39 is 0 Å². The van der Waals surface area contributed by atoms with Crippen molar-refractivity contribution in [2.24, 2.45) is 0 Å². The van der Waals surface area contributed by atoms with Gasteiger partial charge in [-0.25, -0.2) is 0 Å². The van der Waals surface area contributed by atoms with Crippen molar-refractivity contribution < 1.29 is 20.4 Å². The molecule has 0 spiro atoms. The molecule has 0 saturated carbocycles. The quantitative estimate of drug-likeness (QED) is 0.637. The number of aromatic hydroxyl groups is 4. The molecule has 0 aliphatic rings. The fraction of sp³-hybridized carbons (Fsp3) is 0.200. The summed E-state index contributed by atoms with van der Waals surface area (Å²) in [5.41, 5.74) is 1.33. The summed E-state index contributed by atoms with van der Waals surface area (Å²) < 4.78 is 0. The number of para-hydroxylation sites is 2. The van der Waals surface area contributed by atoms with E-state index in [4.69, 9.17) is 0 Å². The third-order valence-corrected chi connectivity index (χ3v) is 3.09. The molecule has 0 bridgehead atoms. The van der Waals surface area contributed by atoms with Gasteiger partial charge in [-0.1, -0.05) is 24.3 Å². The molecule has 100 valence electrons. The van der Waals surface area contributed by atoms with Gasteiger partial charge in [-0.15, -0.1) is 0 Å². The van der Waals surface area contributed by atoms with Crippen LogP contribution in [-0.2, 0) is 12.8 Å². The van der Waals surface area contributed by atoms with Gasteiger partial charge < -0.3 is 20.4 Å². The minimum Gasteiger partial charge on any atom is -0.504 e. The highest BCUT2D eigenvalue weighted by Crippen LogP contribution is 2.31. The predicted molar refractivity (Wildman–Crippen MR) is 71.6 cm³/mol. The molecule has 0 unspecified atom stereocenters. The van der Waals surface area contributed by atoms with Gasteiger partial charge in [0.25, 0.3) is 0 Å². The van der Waals surface area contributed by atoms with Crippen molar-refractivity contribution in [1.82, 2.24) is 0 Å². The number of hydrogen-bond donors (Lipinski definition) is 4. The van der Waals surface area contributed by atoms with Gasteiger partial charge in [-0.2, -0.15) is 0 Å². The largest absolute Gasteiger partial charge is 0.504 e. The minimum absolute atomic E-state index is 0.0948. The van der Waals surface area contributed by atoms with Crippen LogP contribution in [0.5, 0.6) is 23.0 Å². The minimum atomic E-state index is -0.127. The number of hydrogen-bond acceptors (Lipinski definition) is 4. The zero-order valence-electron chi connectivity index (χ0n) is 10.4. The second-order valence-corrected chi connectivity index (χ2v) is 4.42. The first kappa shape index (κ1) is 13.1. The summed E-state index contributed by atoms with van der Waals surface area (Å²) >= 11 is 0. The topological polar surface area (TPSA) is 80.9 Å². The summed E-state index contributed by atoms with van der Waals surface area (Å²) in [6.45, 7) is 0. The van der Waals surface area contributed by atoms with Crippen LogP contribution in [0, 0.1) is 0 Å². The number of aryl methyl sites for hydroxylation is 2. The first-order valence-corrected chi connectivity index (χ1v) is 6.09. The van der Waals surface area contributed by atoms with Gasteiger partial charge in [-0.05, 0) is 42.5 Å². The Morgan fingerprint density at radius 1 is 0.632 bits per heavy atom. The maximum Gasteiger partial charge on any atom is 0.160 e. The summed E-state index contributed by atoms with van der Waals surface area (Å²) in [7, 11) is 0. The van der Waals surface area contributed by atoms with E-state index in [2.05, 4.69) is 0 Å². The van der Waals surface area contributed by atoms with Gasteiger partial charge in [0.05, 0.1) is 0 Å². The average Bonchev–Trinajstić information content (AvgIpc) is 2.39. The van der Waals surface area contributed by atoms with Crippen LogP contribution in [-0.4, -0.2) is 20.4 Å². The SMILES string of the molecule is Oc1cccc(CCCc2cccc(O)c2O)c1O. The molecule has 2 aromatic rings. The Morgan fingerprint density at radius 3 is 1.47 bits per heavy atom. The zero-order valence-corrected chi connectivity index (χ0v) is 10.4. The zero-order chi connectivity index (χ0) is 13.8. The summed E-state index contributed by atoms with van der Waals surface area (Å²) in [6.07, 6.45) is 1.85. The number of phenolic OH excluding ortho intramolecular Hbond substituents is 4. The highest BCUT2D eigenvalue weighted by atomic mass is 16.3. The summed E-state index contributed by atoms with van der Waals surface area (Å²) in [6, 6.07) is 9.71. The van der Waals surface area contributed by atoms with Gasteiger partial charge in [0, 0.05) is 0 Å². The molecule has 0 amide bonds. The van der Waals surface area contributed by atoms with Gasteiger partial charge in [0.1, 0.15) is 0 Å². The molecule has 0 radical (unpaired) electrons. The Bertz CT molecular complexity index is 527. The molecule has 4 heteroatoms. The Hall–Kier alpha value is -2.36. The van der Waals surface area contributed by atoms with Gasteiger partial charge in [-0.3, -0.25) is 0 Å². The Labute approximate surface area is 111 Å². The lowest BCUT2D eigenvalue weighted by Crippen LogP contribution is -1.91. The molecule has 0 aliphatic heterocycles. The maximum absolute atomic E-state index is 9.65. The molecule has 0 aromatic heterocycles. The Morgan fingerprint density at radius 2 is 1.05 bits per heavy atom. The fourth-order valence-corrected chi connectivity index (χ4v) is 2.03. The van der Waals surface area contributed by atoms with Crippen molar-refractivity contribution in [2.75, 3.05) is 0 Å².